The number of nitrogens with zero attached hydrogens (tertiary/aromatic N) is 2. The predicted molar refractivity (Wildman–Crippen MR) is 86.3 cm³/mol. The molecule has 0 bridgehead atoms. The molecular formula is C15H31N3O2S. The van der Waals surface area contributed by atoms with E-state index in [1.165, 1.54) is 17.1 Å². The molecule has 5 nitrogen and oxygen atoms in total. The van der Waals surface area contributed by atoms with E-state index in [0.717, 1.165) is 19.4 Å². The maximum Gasteiger partial charge on any atom is 0.281 e. The SMILES string of the molecule is CC1CC(C)C(C)N(S(=O)(=O)N(C)CCCNC2CC2)C1. The summed E-state index contributed by atoms with van der Waals surface area (Å²) in [6.07, 6.45) is 4.53. The second-order valence-corrected chi connectivity index (χ2v) is 9.03. The highest BCUT2D eigenvalue weighted by atomic mass is 32.2. The van der Waals surface area contributed by atoms with Gasteiger partial charge in [0, 0.05) is 32.2 Å². The molecule has 1 heterocycles. The Bertz CT molecular complexity index is 436. The number of hydrogen-bond donors (Lipinski definition) is 1. The molecule has 0 spiro atoms. The third-order valence-corrected chi connectivity index (χ3v) is 6.94. The normalized spacial score (nSPS) is 31.8. The van der Waals surface area contributed by atoms with Crippen molar-refractivity contribution in [1.29, 1.82) is 0 Å². The van der Waals surface area contributed by atoms with Crippen LogP contribution in [0.15, 0.2) is 0 Å². The van der Waals surface area contributed by atoms with Gasteiger partial charge in [0.15, 0.2) is 0 Å². The van der Waals surface area contributed by atoms with Crippen LogP contribution in [0.3, 0.4) is 0 Å². The van der Waals surface area contributed by atoms with Crippen molar-refractivity contribution >= 4 is 10.2 Å². The van der Waals surface area contributed by atoms with Gasteiger partial charge in [-0.2, -0.15) is 17.0 Å². The lowest BCUT2D eigenvalue weighted by Crippen LogP contribution is -2.53. The highest BCUT2D eigenvalue weighted by Crippen LogP contribution is 2.29. The van der Waals surface area contributed by atoms with E-state index in [4.69, 9.17) is 0 Å². The molecule has 0 aromatic heterocycles. The van der Waals surface area contributed by atoms with Crippen molar-refractivity contribution in [2.45, 2.75) is 58.5 Å². The number of rotatable bonds is 7. The van der Waals surface area contributed by atoms with Crippen molar-refractivity contribution in [1.82, 2.24) is 13.9 Å². The first kappa shape index (κ1) is 17.2. The summed E-state index contributed by atoms with van der Waals surface area (Å²) in [5, 5.41) is 3.43. The summed E-state index contributed by atoms with van der Waals surface area (Å²) >= 11 is 0. The molecule has 1 aliphatic carbocycles. The van der Waals surface area contributed by atoms with Gasteiger partial charge in [0.2, 0.25) is 0 Å². The monoisotopic (exact) mass is 317 g/mol. The lowest BCUT2D eigenvalue weighted by Gasteiger charge is -2.41. The van der Waals surface area contributed by atoms with Crippen molar-refractivity contribution < 1.29 is 8.42 Å². The minimum absolute atomic E-state index is 0.0956. The predicted octanol–water partition coefficient (Wildman–Crippen LogP) is 1.67. The van der Waals surface area contributed by atoms with Gasteiger partial charge >= 0.3 is 0 Å². The molecule has 124 valence electrons. The lowest BCUT2D eigenvalue weighted by molar-refractivity contribution is 0.149. The Morgan fingerprint density at radius 3 is 2.52 bits per heavy atom. The average Bonchev–Trinajstić information content (AvgIpc) is 3.22. The van der Waals surface area contributed by atoms with E-state index in [1.54, 1.807) is 11.4 Å². The van der Waals surface area contributed by atoms with Gasteiger partial charge in [-0.15, -0.1) is 0 Å². The second kappa shape index (κ2) is 6.94. The van der Waals surface area contributed by atoms with Crippen LogP contribution in [-0.4, -0.2) is 55.8 Å². The van der Waals surface area contributed by atoms with Gasteiger partial charge in [0.1, 0.15) is 0 Å². The van der Waals surface area contributed by atoms with Crippen molar-refractivity contribution in [2.24, 2.45) is 11.8 Å². The lowest BCUT2D eigenvalue weighted by atomic mass is 9.88. The molecular weight excluding hydrogens is 286 g/mol. The Morgan fingerprint density at radius 1 is 1.24 bits per heavy atom. The van der Waals surface area contributed by atoms with Crippen molar-refractivity contribution in [2.75, 3.05) is 26.7 Å². The minimum Gasteiger partial charge on any atom is -0.314 e. The molecule has 0 aromatic carbocycles. The van der Waals surface area contributed by atoms with Gasteiger partial charge in [-0.05, 0) is 51.0 Å². The molecule has 1 N–H and O–H groups in total. The van der Waals surface area contributed by atoms with Gasteiger partial charge in [0.25, 0.3) is 10.2 Å². The van der Waals surface area contributed by atoms with E-state index in [9.17, 15) is 8.42 Å². The Morgan fingerprint density at radius 2 is 1.90 bits per heavy atom. The van der Waals surface area contributed by atoms with Crippen molar-refractivity contribution in [3.8, 4) is 0 Å². The standard InChI is InChI=1S/C15H31N3O2S/c1-12-10-13(2)14(3)18(11-12)21(19,20)17(4)9-5-8-16-15-6-7-15/h12-16H,5-11H2,1-4H3. The summed E-state index contributed by atoms with van der Waals surface area (Å²) in [6, 6.07) is 0.786. The van der Waals surface area contributed by atoms with Gasteiger partial charge in [-0.25, -0.2) is 0 Å². The van der Waals surface area contributed by atoms with Gasteiger partial charge in [-0.1, -0.05) is 13.8 Å². The molecule has 1 aliphatic heterocycles. The van der Waals surface area contributed by atoms with Crippen LogP contribution in [0.2, 0.25) is 0 Å². The van der Waals surface area contributed by atoms with Crippen LogP contribution in [0.25, 0.3) is 0 Å². The zero-order valence-corrected chi connectivity index (χ0v) is 14.7. The number of nitrogens with one attached hydrogen (secondary N) is 1. The summed E-state index contributed by atoms with van der Waals surface area (Å²) in [6.45, 7) is 8.49. The molecule has 3 atom stereocenters. The fourth-order valence-electron chi connectivity index (χ4n) is 3.16. The zero-order chi connectivity index (χ0) is 15.6. The third kappa shape index (κ3) is 4.41. The second-order valence-electron chi connectivity index (χ2n) is 7.04. The zero-order valence-electron chi connectivity index (χ0n) is 13.9. The van der Waals surface area contributed by atoms with E-state index in [-0.39, 0.29) is 6.04 Å². The summed E-state index contributed by atoms with van der Waals surface area (Å²) in [5.41, 5.74) is 0. The fourth-order valence-corrected chi connectivity index (χ4v) is 4.95. The Balaban J connectivity index is 1.88. The van der Waals surface area contributed by atoms with Crippen LogP contribution >= 0.6 is 0 Å². The Labute approximate surface area is 130 Å². The van der Waals surface area contributed by atoms with Gasteiger partial charge in [0.05, 0.1) is 0 Å². The first-order valence-corrected chi connectivity index (χ1v) is 9.68. The first-order valence-electron chi connectivity index (χ1n) is 8.29. The Kier molecular flexibility index (Phi) is 5.68. The van der Waals surface area contributed by atoms with Crippen LogP contribution < -0.4 is 5.32 Å². The van der Waals surface area contributed by atoms with Crippen LogP contribution in [0.4, 0.5) is 0 Å². The number of piperidine rings is 1. The van der Waals surface area contributed by atoms with Gasteiger partial charge < -0.3 is 5.32 Å². The average molecular weight is 317 g/mol. The fraction of sp³-hybridized carbons (Fsp3) is 1.00. The van der Waals surface area contributed by atoms with E-state index in [0.29, 0.717) is 31.0 Å². The number of hydrogen-bond acceptors (Lipinski definition) is 3. The smallest absolute Gasteiger partial charge is 0.281 e. The molecule has 6 heteroatoms. The quantitative estimate of drug-likeness (QED) is 0.727. The third-order valence-electron chi connectivity index (χ3n) is 4.89. The molecule has 0 radical (unpaired) electrons. The molecule has 1 saturated heterocycles. The molecule has 2 aliphatic rings. The van der Waals surface area contributed by atoms with Crippen LogP contribution in [0.1, 0.15) is 46.5 Å². The maximum absolute atomic E-state index is 12.8. The first-order chi connectivity index (χ1) is 9.82. The Hall–Kier alpha value is -0.170. The van der Waals surface area contributed by atoms with E-state index in [1.807, 2.05) is 6.92 Å². The van der Waals surface area contributed by atoms with Crippen molar-refractivity contribution in [3.05, 3.63) is 0 Å². The van der Waals surface area contributed by atoms with Crippen LogP contribution in [0, 0.1) is 11.8 Å². The molecule has 3 unspecified atom stereocenters. The summed E-state index contributed by atoms with van der Waals surface area (Å²) < 4.78 is 28.8. The summed E-state index contributed by atoms with van der Waals surface area (Å²) in [4.78, 5) is 0. The van der Waals surface area contributed by atoms with Crippen LogP contribution in [0.5, 0.6) is 0 Å². The summed E-state index contributed by atoms with van der Waals surface area (Å²) in [7, 11) is -1.61. The summed E-state index contributed by atoms with van der Waals surface area (Å²) in [5.74, 6) is 0.865. The van der Waals surface area contributed by atoms with Crippen LogP contribution in [-0.2, 0) is 10.2 Å². The maximum atomic E-state index is 12.8. The van der Waals surface area contributed by atoms with E-state index >= 15 is 0 Å². The molecule has 1 saturated carbocycles. The molecule has 21 heavy (non-hydrogen) atoms. The molecule has 0 aromatic rings. The topological polar surface area (TPSA) is 52.7 Å². The molecule has 2 rings (SSSR count). The molecule has 0 amide bonds. The van der Waals surface area contributed by atoms with Crippen molar-refractivity contribution in [3.63, 3.8) is 0 Å². The van der Waals surface area contributed by atoms with Gasteiger partial charge in [-0.3, -0.25) is 0 Å². The minimum atomic E-state index is -3.32. The molecule has 2 fully saturated rings. The van der Waals surface area contributed by atoms with E-state index in [2.05, 4.69) is 19.2 Å². The largest absolute Gasteiger partial charge is 0.314 e. The van der Waals surface area contributed by atoms with E-state index < -0.39 is 10.2 Å². The highest BCUT2D eigenvalue weighted by molar-refractivity contribution is 7.86. The highest BCUT2D eigenvalue weighted by Gasteiger charge is 2.38.